The number of hydrogen-bond acceptors (Lipinski definition) is 1. The Hall–Kier alpha value is -0.530. The molecule has 0 unspecified atom stereocenters. The molecule has 1 N–H and O–H groups in total. The summed E-state index contributed by atoms with van der Waals surface area (Å²) in [6.45, 7) is 6.57. The molecule has 0 aliphatic heterocycles. The van der Waals surface area contributed by atoms with Crippen molar-refractivity contribution in [2.75, 3.05) is 7.05 Å². The zero-order valence-corrected chi connectivity index (χ0v) is 15.8. The smallest absolute Gasteiger partial charge is 0.225 e. The highest BCUT2D eigenvalue weighted by Gasteiger charge is 2.33. The predicted octanol–water partition coefficient (Wildman–Crippen LogP) is 6.24. The van der Waals surface area contributed by atoms with Gasteiger partial charge in [-0.1, -0.05) is 91.4 Å². The Labute approximate surface area is 139 Å². The van der Waals surface area contributed by atoms with Gasteiger partial charge in [0.1, 0.15) is 0 Å². The van der Waals surface area contributed by atoms with Crippen LogP contribution in [0.1, 0.15) is 111 Å². The Kier molecular flexibility index (Phi) is 13.7. The van der Waals surface area contributed by atoms with Gasteiger partial charge in [-0.2, -0.15) is 0 Å². The monoisotopic (exact) mass is 311 g/mol. The summed E-state index contributed by atoms with van der Waals surface area (Å²) in [6.07, 6.45) is 18.0. The molecule has 0 bridgehead atoms. The van der Waals surface area contributed by atoms with Gasteiger partial charge in [-0.3, -0.25) is 4.79 Å². The minimum absolute atomic E-state index is 0.117. The average Bonchev–Trinajstić information content (AvgIpc) is 2.56. The Morgan fingerprint density at radius 1 is 0.727 bits per heavy atom. The Balaban J connectivity index is 3.60. The molecule has 0 saturated heterocycles. The molecule has 0 aliphatic rings. The second-order valence-corrected chi connectivity index (χ2v) is 6.85. The molecule has 0 aromatic heterocycles. The van der Waals surface area contributed by atoms with Gasteiger partial charge in [0.25, 0.3) is 0 Å². The van der Waals surface area contributed by atoms with Gasteiger partial charge in [0.05, 0.1) is 0 Å². The van der Waals surface area contributed by atoms with Crippen molar-refractivity contribution < 1.29 is 4.79 Å². The number of rotatable bonds is 15. The summed E-state index contributed by atoms with van der Waals surface area (Å²) in [6, 6.07) is 0. The molecule has 0 atom stereocenters. The lowest BCUT2D eigenvalue weighted by Crippen LogP contribution is -2.38. The summed E-state index contributed by atoms with van der Waals surface area (Å²) in [5.41, 5.74) is -0.117. The summed E-state index contributed by atoms with van der Waals surface area (Å²) in [7, 11) is 1.77. The van der Waals surface area contributed by atoms with E-state index in [1.54, 1.807) is 7.05 Å². The first-order valence-electron chi connectivity index (χ1n) is 9.89. The summed E-state index contributed by atoms with van der Waals surface area (Å²) >= 11 is 0. The molecule has 0 aliphatic carbocycles. The molecule has 22 heavy (non-hydrogen) atoms. The van der Waals surface area contributed by atoms with Crippen molar-refractivity contribution in [2.45, 2.75) is 111 Å². The third-order valence-corrected chi connectivity index (χ3v) is 5.32. The molecular weight excluding hydrogens is 270 g/mol. The zero-order valence-electron chi connectivity index (χ0n) is 15.8. The molecule has 1 amide bonds. The van der Waals surface area contributed by atoms with Crippen molar-refractivity contribution in [3.63, 3.8) is 0 Å². The van der Waals surface area contributed by atoms with Crippen LogP contribution in [-0.4, -0.2) is 13.0 Å². The van der Waals surface area contributed by atoms with Crippen LogP contribution in [0.15, 0.2) is 0 Å². The molecular formula is C20H41NO. The Bertz CT molecular complexity index is 258. The lowest BCUT2D eigenvalue weighted by Gasteiger charge is -2.29. The van der Waals surface area contributed by atoms with E-state index in [1.807, 2.05) is 0 Å². The highest BCUT2D eigenvalue weighted by atomic mass is 16.2. The number of carbonyl (C=O) groups is 1. The molecule has 0 saturated carbocycles. The molecule has 0 aromatic carbocycles. The van der Waals surface area contributed by atoms with Crippen LogP contribution in [0.2, 0.25) is 0 Å². The van der Waals surface area contributed by atoms with Gasteiger partial charge in [-0.05, 0) is 19.3 Å². The molecule has 0 aromatic rings. The van der Waals surface area contributed by atoms with Crippen molar-refractivity contribution in [1.29, 1.82) is 0 Å². The number of amides is 1. The second kappa shape index (κ2) is 14.1. The molecule has 132 valence electrons. The third kappa shape index (κ3) is 8.80. The maximum absolute atomic E-state index is 12.1. The quantitative estimate of drug-likeness (QED) is 0.356. The van der Waals surface area contributed by atoms with Crippen molar-refractivity contribution in [3.8, 4) is 0 Å². The molecule has 0 rings (SSSR count). The van der Waals surface area contributed by atoms with Gasteiger partial charge >= 0.3 is 0 Å². The number of carbonyl (C=O) groups excluding carboxylic acids is 1. The van der Waals surface area contributed by atoms with Crippen molar-refractivity contribution in [3.05, 3.63) is 0 Å². The van der Waals surface area contributed by atoms with Crippen molar-refractivity contribution in [2.24, 2.45) is 5.41 Å². The van der Waals surface area contributed by atoms with Gasteiger partial charge in [-0.15, -0.1) is 0 Å². The summed E-state index contributed by atoms with van der Waals surface area (Å²) in [5, 5.41) is 2.86. The zero-order chi connectivity index (χ0) is 16.7. The van der Waals surface area contributed by atoms with Crippen LogP contribution < -0.4 is 5.32 Å². The molecule has 2 nitrogen and oxygen atoms in total. The summed E-state index contributed by atoms with van der Waals surface area (Å²) < 4.78 is 0. The van der Waals surface area contributed by atoms with E-state index < -0.39 is 0 Å². The van der Waals surface area contributed by atoms with Crippen LogP contribution in [0.25, 0.3) is 0 Å². The summed E-state index contributed by atoms with van der Waals surface area (Å²) in [4.78, 5) is 12.1. The number of hydrogen-bond donors (Lipinski definition) is 1. The fourth-order valence-corrected chi connectivity index (χ4v) is 3.43. The van der Waals surface area contributed by atoms with E-state index in [9.17, 15) is 4.79 Å². The maximum Gasteiger partial charge on any atom is 0.225 e. The second-order valence-electron chi connectivity index (χ2n) is 6.85. The first-order valence-corrected chi connectivity index (χ1v) is 9.89. The minimum atomic E-state index is -0.117. The van der Waals surface area contributed by atoms with Crippen LogP contribution in [-0.2, 0) is 4.79 Å². The molecule has 0 radical (unpaired) electrons. The van der Waals surface area contributed by atoms with Gasteiger partial charge in [-0.25, -0.2) is 0 Å². The normalized spacial score (nSPS) is 11.6. The average molecular weight is 312 g/mol. The van der Waals surface area contributed by atoms with Crippen LogP contribution in [0.4, 0.5) is 0 Å². The van der Waals surface area contributed by atoms with Crippen molar-refractivity contribution in [1.82, 2.24) is 5.32 Å². The fourth-order valence-electron chi connectivity index (χ4n) is 3.43. The largest absolute Gasteiger partial charge is 0.359 e. The maximum atomic E-state index is 12.1. The molecule has 2 heteroatoms. The number of unbranched alkanes of at least 4 members (excludes halogenated alkanes) is 10. The first kappa shape index (κ1) is 21.5. The summed E-state index contributed by atoms with van der Waals surface area (Å²) in [5.74, 6) is 0.240. The molecule has 0 heterocycles. The van der Waals surface area contributed by atoms with Crippen LogP contribution >= 0.6 is 0 Å². The van der Waals surface area contributed by atoms with E-state index in [1.165, 1.54) is 70.6 Å². The van der Waals surface area contributed by atoms with E-state index in [4.69, 9.17) is 0 Å². The van der Waals surface area contributed by atoms with Gasteiger partial charge in [0.15, 0.2) is 0 Å². The highest BCUT2D eigenvalue weighted by molar-refractivity contribution is 5.82. The van der Waals surface area contributed by atoms with E-state index in [2.05, 4.69) is 26.1 Å². The van der Waals surface area contributed by atoms with Crippen LogP contribution in [0.3, 0.4) is 0 Å². The van der Waals surface area contributed by atoms with E-state index >= 15 is 0 Å². The lowest BCUT2D eigenvalue weighted by molar-refractivity contribution is -0.131. The molecule has 0 spiro atoms. The van der Waals surface area contributed by atoms with Gasteiger partial charge < -0.3 is 5.32 Å². The highest BCUT2D eigenvalue weighted by Crippen LogP contribution is 2.33. The van der Waals surface area contributed by atoms with Crippen molar-refractivity contribution >= 4 is 5.91 Å². The van der Waals surface area contributed by atoms with E-state index in [-0.39, 0.29) is 11.3 Å². The number of nitrogens with one attached hydrogen (secondary N) is 1. The van der Waals surface area contributed by atoms with E-state index in [0.717, 1.165) is 19.3 Å². The van der Waals surface area contributed by atoms with E-state index in [0.29, 0.717) is 0 Å². The predicted molar refractivity (Wildman–Crippen MR) is 98.2 cm³/mol. The third-order valence-electron chi connectivity index (χ3n) is 5.32. The van der Waals surface area contributed by atoms with Gasteiger partial charge in [0.2, 0.25) is 5.91 Å². The molecule has 0 fully saturated rings. The topological polar surface area (TPSA) is 29.1 Å². The fraction of sp³-hybridized carbons (Fsp3) is 0.950. The van der Waals surface area contributed by atoms with Crippen LogP contribution in [0, 0.1) is 5.41 Å². The standard InChI is InChI=1S/C20H41NO/c1-5-8-9-10-11-12-13-14-15-16-17-18-20(6-2,7-3)19(22)21-4/h5-18H2,1-4H3,(H,21,22). The minimum Gasteiger partial charge on any atom is -0.359 e. The van der Waals surface area contributed by atoms with Gasteiger partial charge in [0, 0.05) is 12.5 Å². The Morgan fingerprint density at radius 2 is 1.14 bits per heavy atom. The lowest BCUT2D eigenvalue weighted by atomic mass is 9.77. The Morgan fingerprint density at radius 3 is 1.50 bits per heavy atom. The SMILES string of the molecule is CCCCCCCCCCCCCC(CC)(CC)C(=O)NC. The first-order chi connectivity index (χ1) is 10.7. The van der Waals surface area contributed by atoms with Crippen LogP contribution in [0.5, 0.6) is 0 Å².